The Balaban J connectivity index is 2.41. The lowest BCUT2D eigenvalue weighted by Crippen LogP contribution is -2.22. The molecule has 1 aromatic rings. The first-order valence-corrected chi connectivity index (χ1v) is 5.97. The van der Waals surface area contributed by atoms with Crippen molar-refractivity contribution in [3.8, 4) is 0 Å². The number of carbonyl (C=O) groups is 2. The van der Waals surface area contributed by atoms with E-state index in [0.29, 0.717) is 11.1 Å². The van der Waals surface area contributed by atoms with Gasteiger partial charge in [-0.3, -0.25) is 9.59 Å². The summed E-state index contributed by atoms with van der Waals surface area (Å²) >= 11 is 0. The normalized spacial score (nSPS) is 16.4. The zero-order chi connectivity index (χ0) is 13.3. The number of allylic oxidation sites excluding steroid dienone is 4. The van der Waals surface area contributed by atoms with E-state index in [1.807, 2.05) is 51.1 Å². The van der Waals surface area contributed by atoms with Crippen molar-refractivity contribution in [1.29, 1.82) is 0 Å². The highest BCUT2D eigenvalue weighted by Gasteiger charge is 2.28. The van der Waals surface area contributed by atoms with Crippen molar-refractivity contribution in [2.24, 2.45) is 5.41 Å². The zero-order valence-electron chi connectivity index (χ0n) is 10.9. The van der Waals surface area contributed by atoms with Crippen LogP contribution in [0.25, 0.3) is 5.57 Å². The van der Waals surface area contributed by atoms with E-state index in [2.05, 4.69) is 0 Å². The largest absolute Gasteiger partial charge is 0.290 e. The average Bonchev–Trinajstić information content (AvgIpc) is 2.31. The molecule has 1 aliphatic carbocycles. The number of hydrogen-bond donors (Lipinski definition) is 0. The van der Waals surface area contributed by atoms with Crippen molar-refractivity contribution in [3.63, 3.8) is 0 Å². The fraction of sp³-hybridized carbons (Fsp3) is 0.250. The van der Waals surface area contributed by atoms with Gasteiger partial charge in [0, 0.05) is 11.1 Å². The molecular weight excluding hydrogens is 224 g/mol. The number of rotatable bonds is 1. The predicted molar refractivity (Wildman–Crippen MR) is 72.0 cm³/mol. The maximum atomic E-state index is 12.1. The Hall–Kier alpha value is -1.96. The molecule has 0 bridgehead atoms. The second kappa shape index (κ2) is 4.37. The van der Waals surface area contributed by atoms with Gasteiger partial charge < -0.3 is 0 Å². The Kier molecular flexibility index (Phi) is 3.04. The van der Waals surface area contributed by atoms with Crippen LogP contribution in [0.5, 0.6) is 0 Å². The summed E-state index contributed by atoms with van der Waals surface area (Å²) < 4.78 is 0. The third-order valence-electron chi connectivity index (χ3n) is 2.97. The summed E-state index contributed by atoms with van der Waals surface area (Å²) in [5.41, 5.74) is 1.55. The van der Waals surface area contributed by atoms with E-state index in [4.69, 9.17) is 0 Å². The van der Waals surface area contributed by atoms with Crippen molar-refractivity contribution >= 4 is 17.1 Å². The summed E-state index contributed by atoms with van der Waals surface area (Å²) in [5.74, 6) is -0.160. The molecular formula is C16H16O2. The second-order valence-corrected chi connectivity index (χ2v) is 5.46. The van der Waals surface area contributed by atoms with Gasteiger partial charge in [0.2, 0.25) is 0 Å². The molecule has 0 atom stereocenters. The third-order valence-corrected chi connectivity index (χ3v) is 2.97. The Morgan fingerprint density at radius 1 is 0.833 bits per heavy atom. The molecule has 0 aliphatic heterocycles. The maximum Gasteiger partial charge on any atom is 0.187 e. The first kappa shape index (κ1) is 12.5. The summed E-state index contributed by atoms with van der Waals surface area (Å²) in [6.07, 6.45) is 2.93. The van der Waals surface area contributed by atoms with Crippen LogP contribution in [0.3, 0.4) is 0 Å². The van der Waals surface area contributed by atoms with Crippen LogP contribution in [0.15, 0.2) is 48.1 Å². The summed E-state index contributed by atoms with van der Waals surface area (Å²) in [6.45, 7) is 5.81. The van der Waals surface area contributed by atoms with Crippen LogP contribution in [-0.2, 0) is 9.59 Å². The molecule has 0 aromatic heterocycles. The Morgan fingerprint density at radius 2 is 1.44 bits per heavy atom. The monoisotopic (exact) mass is 240 g/mol. The highest BCUT2D eigenvalue weighted by atomic mass is 16.1. The van der Waals surface area contributed by atoms with E-state index in [0.717, 1.165) is 5.56 Å². The number of carbonyl (C=O) groups excluding carboxylic acids is 2. The van der Waals surface area contributed by atoms with Gasteiger partial charge in [-0.05, 0) is 23.1 Å². The van der Waals surface area contributed by atoms with E-state index >= 15 is 0 Å². The summed E-state index contributed by atoms with van der Waals surface area (Å²) in [7, 11) is 0. The fourth-order valence-electron chi connectivity index (χ4n) is 1.99. The van der Waals surface area contributed by atoms with Crippen LogP contribution in [0, 0.1) is 5.41 Å². The molecule has 2 nitrogen and oxygen atoms in total. The summed E-state index contributed by atoms with van der Waals surface area (Å²) in [6, 6.07) is 9.28. The number of ketones is 2. The van der Waals surface area contributed by atoms with Crippen molar-refractivity contribution in [3.05, 3.63) is 53.6 Å². The molecule has 0 N–H and O–H groups in total. The number of benzene rings is 1. The molecule has 0 heterocycles. The molecule has 92 valence electrons. The number of hydrogen-bond acceptors (Lipinski definition) is 2. The minimum Gasteiger partial charge on any atom is -0.290 e. The highest BCUT2D eigenvalue weighted by molar-refractivity contribution is 6.35. The molecule has 0 fully saturated rings. The minimum atomic E-state index is -0.300. The molecule has 0 saturated heterocycles. The fourth-order valence-corrected chi connectivity index (χ4v) is 1.99. The first-order valence-electron chi connectivity index (χ1n) is 5.97. The topological polar surface area (TPSA) is 34.1 Å². The molecule has 1 aliphatic rings. The Morgan fingerprint density at radius 3 is 2.00 bits per heavy atom. The van der Waals surface area contributed by atoms with E-state index in [1.54, 1.807) is 0 Å². The molecule has 2 rings (SSSR count). The van der Waals surface area contributed by atoms with E-state index in [-0.39, 0.29) is 17.0 Å². The van der Waals surface area contributed by atoms with Crippen LogP contribution in [0.4, 0.5) is 0 Å². The molecule has 2 heteroatoms. The van der Waals surface area contributed by atoms with Gasteiger partial charge in [0.1, 0.15) is 0 Å². The van der Waals surface area contributed by atoms with Gasteiger partial charge in [-0.15, -0.1) is 0 Å². The molecule has 0 spiro atoms. The van der Waals surface area contributed by atoms with Gasteiger partial charge in [-0.2, -0.15) is 0 Å². The molecule has 1 aromatic carbocycles. The lowest BCUT2D eigenvalue weighted by atomic mass is 9.79. The minimum absolute atomic E-state index is 0.0686. The second-order valence-electron chi connectivity index (χ2n) is 5.46. The maximum absolute atomic E-state index is 12.1. The Bertz CT molecular complexity index is 555. The van der Waals surface area contributed by atoms with Gasteiger partial charge >= 0.3 is 0 Å². The molecule has 0 unspecified atom stereocenters. The van der Waals surface area contributed by atoms with Crippen LogP contribution >= 0.6 is 0 Å². The van der Waals surface area contributed by atoms with E-state index in [1.165, 1.54) is 12.2 Å². The molecule has 0 saturated carbocycles. The van der Waals surface area contributed by atoms with Gasteiger partial charge in [0.05, 0.1) is 0 Å². The summed E-state index contributed by atoms with van der Waals surface area (Å²) in [5, 5.41) is 0. The van der Waals surface area contributed by atoms with Crippen molar-refractivity contribution in [1.82, 2.24) is 0 Å². The lowest BCUT2D eigenvalue weighted by Gasteiger charge is -2.23. The first-order chi connectivity index (χ1) is 8.39. The zero-order valence-corrected chi connectivity index (χ0v) is 10.9. The SMILES string of the molecule is CC(C)(C)C1=CC(=O)C(c2ccccc2)=CC1=O. The van der Waals surface area contributed by atoms with Crippen LogP contribution in [-0.4, -0.2) is 11.6 Å². The van der Waals surface area contributed by atoms with Gasteiger partial charge in [-0.1, -0.05) is 51.1 Å². The van der Waals surface area contributed by atoms with Gasteiger partial charge in [0.15, 0.2) is 11.6 Å². The van der Waals surface area contributed by atoms with Crippen LogP contribution in [0.1, 0.15) is 26.3 Å². The van der Waals surface area contributed by atoms with Crippen molar-refractivity contribution in [2.75, 3.05) is 0 Å². The van der Waals surface area contributed by atoms with Crippen molar-refractivity contribution in [2.45, 2.75) is 20.8 Å². The summed E-state index contributed by atoms with van der Waals surface area (Å²) in [4.78, 5) is 24.2. The third kappa shape index (κ3) is 2.33. The van der Waals surface area contributed by atoms with Crippen molar-refractivity contribution < 1.29 is 9.59 Å². The molecule has 18 heavy (non-hydrogen) atoms. The van der Waals surface area contributed by atoms with E-state index in [9.17, 15) is 9.59 Å². The standard InChI is InChI=1S/C16H16O2/c1-16(2,3)13-10-14(17)12(9-15(13)18)11-7-5-4-6-8-11/h4-10H,1-3H3. The van der Waals surface area contributed by atoms with E-state index < -0.39 is 0 Å². The smallest absolute Gasteiger partial charge is 0.187 e. The predicted octanol–water partition coefficient (Wildman–Crippen LogP) is 3.19. The molecule has 0 radical (unpaired) electrons. The van der Waals surface area contributed by atoms with Gasteiger partial charge in [-0.25, -0.2) is 0 Å². The highest BCUT2D eigenvalue weighted by Crippen LogP contribution is 2.31. The lowest BCUT2D eigenvalue weighted by molar-refractivity contribution is -0.114. The molecule has 0 amide bonds. The Labute approximate surface area is 107 Å². The van der Waals surface area contributed by atoms with Crippen LogP contribution < -0.4 is 0 Å². The quantitative estimate of drug-likeness (QED) is 0.706. The van der Waals surface area contributed by atoms with Gasteiger partial charge in [0.25, 0.3) is 0 Å². The van der Waals surface area contributed by atoms with Crippen LogP contribution in [0.2, 0.25) is 0 Å². The average molecular weight is 240 g/mol.